The molecule has 0 amide bonds. The molecular formula is C18H13N3O4. The zero-order valence-corrected chi connectivity index (χ0v) is 12.8. The minimum absolute atomic E-state index is 0.213. The number of hydrogen-bond acceptors (Lipinski definition) is 5. The molecule has 124 valence electrons. The SMILES string of the molecule is O=c1[nH]c2ccccc2c(O)c1Nc1c(O)c2ccccc2[nH]c1=O. The quantitative estimate of drug-likeness (QED) is 0.386. The summed E-state index contributed by atoms with van der Waals surface area (Å²) in [7, 11) is 0. The van der Waals surface area contributed by atoms with Crippen molar-refractivity contribution in [3.05, 3.63) is 69.2 Å². The van der Waals surface area contributed by atoms with Crippen molar-refractivity contribution >= 4 is 33.2 Å². The van der Waals surface area contributed by atoms with Gasteiger partial charge in [-0.2, -0.15) is 0 Å². The predicted molar refractivity (Wildman–Crippen MR) is 95.7 cm³/mol. The van der Waals surface area contributed by atoms with E-state index in [9.17, 15) is 19.8 Å². The Hall–Kier alpha value is -3.74. The van der Waals surface area contributed by atoms with Crippen LogP contribution in [0.4, 0.5) is 11.4 Å². The molecule has 0 radical (unpaired) electrons. The van der Waals surface area contributed by atoms with Crippen LogP contribution in [-0.4, -0.2) is 20.2 Å². The van der Waals surface area contributed by atoms with Gasteiger partial charge in [0.25, 0.3) is 11.1 Å². The molecule has 7 nitrogen and oxygen atoms in total. The normalized spacial score (nSPS) is 11.0. The van der Waals surface area contributed by atoms with Crippen LogP contribution in [0, 0.1) is 0 Å². The molecule has 4 aromatic rings. The van der Waals surface area contributed by atoms with E-state index < -0.39 is 11.1 Å². The molecule has 0 spiro atoms. The Morgan fingerprint density at radius 2 is 1.08 bits per heavy atom. The van der Waals surface area contributed by atoms with Crippen LogP contribution >= 0.6 is 0 Å². The van der Waals surface area contributed by atoms with Gasteiger partial charge in [-0.15, -0.1) is 0 Å². The Labute approximate surface area is 140 Å². The Bertz CT molecular complexity index is 1140. The maximum atomic E-state index is 12.3. The lowest BCUT2D eigenvalue weighted by Gasteiger charge is -2.11. The minimum atomic E-state index is -0.608. The summed E-state index contributed by atoms with van der Waals surface area (Å²) in [4.78, 5) is 29.8. The molecule has 2 aromatic carbocycles. The van der Waals surface area contributed by atoms with Gasteiger partial charge in [0.2, 0.25) is 0 Å². The number of aromatic amines is 2. The molecule has 0 aliphatic carbocycles. The van der Waals surface area contributed by atoms with Gasteiger partial charge in [-0.3, -0.25) is 9.59 Å². The zero-order chi connectivity index (χ0) is 17.6. The summed E-state index contributed by atoms with van der Waals surface area (Å²) < 4.78 is 0. The van der Waals surface area contributed by atoms with Crippen molar-refractivity contribution in [2.24, 2.45) is 0 Å². The number of fused-ring (bicyclic) bond motifs is 2. The third kappa shape index (κ3) is 2.29. The highest BCUT2D eigenvalue weighted by atomic mass is 16.3. The van der Waals surface area contributed by atoms with Crippen LogP contribution in [0.2, 0.25) is 0 Å². The average Bonchev–Trinajstić information content (AvgIpc) is 2.61. The third-order valence-electron chi connectivity index (χ3n) is 4.04. The second kappa shape index (κ2) is 5.41. The molecule has 0 fully saturated rings. The first-order valence-electron chi connectivity index (χ1n) is 7.51. The van der Waals surface area contributed by atoms with Gasteiger partial charge in [-0.25, -0.2) is 0 Å². The Balaban J connectivity index is 1.95. The van der Waals surface area contributed by atoms with E-state index in [0.717, 1.165) is 0 Å². The first-order chi connectivity index (χ1) is 12.1. The largest absolute Gasteiger partial charge is 0.505 e. The lowest BCUT2D eigenvalue weighted by Crippen LogP contribution is -2.17. The number of para-hydroxylation sites is 2. The molecule has 25 heavy (non-hydrogen) atoms. The van der Waals surface area contributed by atoms with E-state index in [1.807, 2.05) is 0 Å². The van der Waals surface area contributed by atoms with Gasteiger partial charge in [0.05, 0.1) is 11.0 Å². The van der Waals surface area contributed by atoms with Crippen LogP contribution in [0.15, 0.2) is 58.1 Å². The van der Waals surface area contributed by atoms with Gasteiger partial charge < -0.3 is 25.5 Å². The summed E-state index contributed by atoms with van der Waals surface area (Å²) in [5.41, 5.74) is -0.713. The number of aromatic nitrogens is 2. The van der Waals surface area contributed by atoms with Gasteiger partial charge >= 0.3 is 0 Å². The Morgan fingerprint density at radius 3 is 1.52 bits per heavy atom. The highest BCUT2D eigenvalue weighted by molar-refractivity contribution is 5.94. The fourth-order valence-corrected chi connectivity index (χ4v) is 2.81. The van der Waals surface area contributed by atoms with E-state index in [-0.39, 0.29) is 22.9 Å². The molecule has 0 saturated heterocycles. The van der Waals surface area contributed by atoms with Crippen LogP contribution in [-0.2, 0) is 0 Å². The van der Waals surface area contributed by atoms with E-state index in [0.29, 0.717) is 21.8 Å². The van der Waals surface area contributed by atoms with Gasteiger partial charge in [0.1, 0.15) is 11.4 Å². The first-order valence-corrected chi connectivity index (χ1v) is 7.51. The highest BCUT2D eigenvalue weighted by Crippen LogP contribution is 2.34. The molecule has 0 aliphatic rings. The maximum absolute atomic E-state index is 12.3. The Morgan fingerprint density at radius 1 is 0.680 bits per heavy atom. The second-order valence-corrected chi connectivity index (χ2v) is 5.57. The van der Waals surface area contributed by atoms with Crippen LogP contribution in [0.25, 0.3) is 21.8 Å². The third-order valence-corrected chi connectivity index (χ3v) is 4.04. The van der Waals surface area contributed by atoms with Gasteiger partial charge in [-0.1, -0.05) is 24.3 Å². The highest BCUT2D eigenvalue weighted by Gasteiger charge is 2.17. The molecule has 0 saturated carbocycles. The fraction of sp³-hybridized carbons (Fsp3) is 0. The summed E-state index contributed by atoms with van der Waals surface area (Å²) in [6, 6.07) is 13.5. The molecule has 0 unspecified atom stereocenters. The molecule has 2 heterocycles. The average molecular weight is 335 g/mol. The lowest BCUT2D eigenvalue weighted by atomic mass is 10.1. The van der Waals surface area contributed by atoms with Crippen LogP contribution in [0.5, 0.6) is 11.5 Å². The summed E-state index contributed by atoms with van der Waals surface area (Å²) in [5, 5.41) is 24.2. The van der Waals surface area contributed by atoms with Crippen molar-refractivity contribution in [3.63, 3.8) is 0 Å². The van der Waals surface area contributed by atoms with Crippen molar-refractivity contribution in [2.45, 2.75) is 0 Å². The van der Waals surface area contributed by atoms with Crippen LogP contribution in [0.3, 0.4) is 0 Å². The summed E-state index contributed by atoms with van der Waals surface area (Å²) >= 11 is 0. The van der Waals surface area contributed by atoms with E-state index >= 15 is 0 Å². The monoisotopic (exact) mass is 335 g/mol. The summed E-state index contributed by atoms with van der Waals surface area (Å²) in [6.07, 6.45) is 0. The number of benzene rings is 2. The number of H-pyrrole nitrogens is 2. The predicted octanol–water partition coefficient (Wildman–Crippen LogP) is 2.52. The standard InChI is InChI=1S/C18H13N3O4/c22-15-9-5-1-3-7-11(9)19-17(24)13(15)21-14-16(23)10-6-2-4-8-12(10)20-18(14)25/h1-8,21H,(H2,19,22,24)(H2,20,23,25). The van der Waals surface area contributed by atoms with Crippen molar-refractivity contribution in [1.82, 2.24) is 9.97 Å². The van der Waals surface area contributed by atoms with E-state index in [1.165, 1.54) is 0 Å². The van der Waals surface area contributed by atoms with Gasteiger partial charge in [0, 0.05) is 10.8 Å². The number of aromatic hydroxyl groups is 2. The van der Waals surface area contributed by atoms with E-state index in [4.69, 9.17) is 0 Å². The van der Waals surface area contributed by atoms with Crippen molar-refractivity contribution < 1.29 is 10.2 Å². The molecular weight excluding hydrogens is 322 g/mol. The van der Waals surface area contributed by atoms with Crippen molar-refractivity contribution in [1.29, 1.82) is 0 Å². The fourth-order valence-electron chi connectivity index (χ4n) is 2.81. The molecule has 5 N–H and O–H groups in total. The Kier molecular flexibility index (Phi) is 3.21. The molecule has 0 aliphatic heterocycles. The molecule has 0 bridgehead atoms. The van der Waals surface area contributed by atoms with Crippen LogP contribution in [0.1, 0.15) is 0 Å². The van der Waals surface area contributed by atoms with Crippen LogP contribution < -0.4 is 16.4 Å². The molecule has 0 atom stereocenters. The lowest BCUT2D eigenvalue weighted by molar-refractivity contribution is 0.480. The summed E-state index contributed by atoms with van der Waals surface area (Å²) in [6.45, 7) is 0. The molecule has 4 rings (SSSR count). The maximum Gasteiger partial charge on any atom is 0.275 e. The second-order valence-electron chi connectivity index (χ2n) is 5.57. The molecule has 2 aromatic heterocycles. The smallest absolute Gasteiger partial charge is 0.275 e. The van der Waals surface area contributed by atoms with Gasteiger partial charge in [-0.05, 0) is 24.3 Å². The number of nitrogens with one attached hydrogen (secondary N) is 3. The van der Waals surface area contributed by atoms with Crippen molar-refractivity contribution in [2.75, 3.05) is 5.32 Å². The van der Waals surface area contributed by atoms with E-state index in [1.54, 1.807) is 48.5 Å². The number of anilines is 2. The number of hydrogen-bond donors (Lipinski definition) is 5. The number of pyridine rings is 2. The minimum Gasteiger partial charge on any atom is -0.505 e. The summed E-state index contributed by atoms with van der Waals surface area (Å²) in [5.74, 6) is -0.599. The zero-order valence-electron chi connectivity index (χ0n) is 12.8. The topological polar surface area (TPSA) is 118 Å². The van der Waals surface area contributed by atoms with Crippen molar-refractivity contribution in [3.8, 4) is 11.5 Å². The molecule has 7 heteroatoms. The first kappa shape index (κ1) is 14.8. The number of rotatable bonds is 2. The van der Waals surface area contributed by atoms with Gasteiger partial charge in [0.15, 0.2) is 11.5 Å². The van der Waals surface area contributed by atoms with E-state index in [2.05, 4.69) is 15.3 Å².